The molecule has 0 aliphatic carbocycles. The Morgan fingerprint density at radius 1 is 1.44 bits per heavy atom. The first-order valence-corrected chi connectivity index (χ1v) is 4.94. The molecule has 1 aliphatic rings. The fourth-order valence-electron chi connectivity index (χ4n) is 1.13. The first-order chi connectivity index (χ1) is 4.43. The Morgan fingerprint density at radius 2 is 2.11 bits per heavy atom. The monoisotopic (exact) mass is 145 g/mol. The molecule has 0 aromatic rings. The molecular formula is C6H15NOSi. The molecule has 54 valence electrons. The Balaban J connectivity index is 1.98. The van der Waals surface area contributed by atoms with Crippen molar-refractivity contribution in [3.05, 3.63) is 0 Å². The van der Waals surface area contributed by atoms with Crippen molar-refractivity contribution >= 4 is 9.92 Å². The molecule has 0 radical (unpaired) electrons. The molecule has 2 nitrogen and oxygen atoms in total. The van der Waals surface area contributed by atoms with E-state index in [4.69, 9.17) is 4.43 Å². The maximum Gasteiger partial charge on any atom is 0.238 e. The van der Waals surface area contributed by atoms with E-state index in [1.807, 2.05) is 0 Å². The van der Waals surface area contributed by atoms with E-state index in [-0.39, 0.29) is 9.92 Å². The van der Waals surface area contributed by atoms with Crippen LogP contribution in [0.1, 0.15) is 19.8 Å². The van der Waals surface area contributed by atoms with Gasteiger partial charge in [-0.05, 0) is 32.9 Å². The molecule has 0 atom stereocenters. The Labute approximate surface area is 59.2 Å². The molecule has 0 aromatic heterocycles. The van der Waals surface area contributed by atoms with Gasteiger partial charge in [0.05, 0.1) is 0 Å². The summed E-state index contributed by atoms with van der Waals surface area (Å²) in [4.78, 5) is 0. The average Bonchev–Trinajstić information content (AvgIpc) is 2.34. The first-order valence-electron chi connectivity index (χ1n) is 3.73. The third-order valence-corrected chi connectivity index (χ3v) is 3.27. The lowest BCUT2D eigenvalue weighted by Gasteiger charge is -2.12. The highest BCUT2D eigenvalue weighted by Gasteiger charge is 2.10. The number of nitrogens with zero attached hydrogens (tertiary/aromatic N) is 1. The third kappa shape index (κ3) is 2.47. The maximum absolute atomic E-state index is 5.38. The van der Waals surface area contributed by atoms with Crippen LogP contribution in [0.25, 0.3) is 0 Å². The van der Waals surface area contributed by atoms with E-state index in [2.05, 4.69) is 11.5 Å². The summed E-state index contributed by atoms with van der Waals surface area (Å²) in [7, 11) is -0.279. The molecule has 0 saturated carbocycles. The predicted molar refractivity (Wildman–Crippen MR) is 41.0 cm³/mol. The molecule has 0 unspecified atom stereocenters. The van der Waals surface area contributed by atoms with Crippen LogP contribution in [0.5, 0.6) is 0 Å². The second-order valence-corrected chi connectivity index (χ2v) is 4.01. The molecule has 1 fully saturated rings. The second-order valence-electron chi connectivity index (χ2n) is 2.45. The SMILES string of the molecule is CCO[SiH2]N1CCCC1. The lowest BCUT2D eigenvalue weighted by Crippen LogP contribution is -2.26. The lowest BCUT2D eigenvalue weighted by molar-refractivity contribution is 0.314. The number of hydrogen-bond acceptors (Lipinski definition) is 2. The van der Waals surface area contributed by atoms with Crippen LogP contribution in [0, 0.1) is 0 Å². The molecule has 0 N–H and O–H groups in total. The van der Waals surface area contributed by atoms with Crippen LogP contribution in [0.3, 0.4) is 0 Å². The van der Waals surface area contributed by atoms with Gasteiger partial charge in [-0.25, -0.2) is 0 Å². The third-order valence-electron chi connectivity index (χ3n) is 1.68. The van der Waals surface area contributed by atoms with Gasteiger partial charge in [0.2, 0.25) is 9.92 Å². The van der Waals surface area contributed by atoms with Crippen molar-refractivity contribution in [3.63, 3.8) is 0 Å². The summed E-state index contributed by atoms with van der Waals surface area (Å²) in [5.41, 5.74) is 0. The van der Waals surface area contributed by atoms with Gasteiger partial charge in [-0.3, -0.25) is 0 Å². The van der Waals surface area contributed by atoms with Crippen LogP contribution in [-0.4, -0.2) is 34.2 Å². The fraction of sp³-hybridized carbons (Fsp3) is 1.00. The highest BCUT2D eigenvalue weighted by Crippen LogP contribution is 2.04. The van der Waals surface area contributed by atoms with E-state index in [1.165, 1.54) is 25.9 Å². The van der Waals surface area contributed by atoms with Gasteiger partial charge in [0.25, 0.3) is 0 Å². The molecule has 1 saturated heterocycles. The van der Waals surface area contributed by atoms with Crippen molar-refractivity contribution in [2.45, 2.75) is 19.8 Å². The summed E-state index contributed by atoms with van der Waals surface area (Å²) in [6, 6.07) is 0. The molecule has 1 rings (SSSR count). The van der Waals surface area contributed by atoms with Gasteiger partial charge in [-0.15, -0.1) is 0 Å². The minimum Gasteiger partial charge on any atom is -0.409 e. The van der Waals surface area contributed by atoms with E-state index in [9.17, 15) is 0 Å². The fourth-order valence-corrected chi connectivity index (χ4v) is 2.28. The maximum atomic E-state index is 5.38. The summed E-state index contributed by atoms with van der Waals surface area (Å²) >= 11 is 0. The Bertz CT molecular complexity index is 73.5. The Hall–Kier alpha value is 0.137. The normalized spacial score (nSPS) is 22.3. The lowest BCUT2D eigenvalue weighted by atomic mass is 10.4. The Kier molecular flexibility index (Phi) is 3.25. The summed E-state index contributed by atoms with van der Waals surface area (Å²) < 4.78 is 7.87. The molecule has 0 amide bonds. The van der Waals surface area contributed by atoms with Crippen LogP contribution in [0.15, 0.2) is 0 Å². The smallest absolute Gasteiger partial charge is 0.238 e. The minimum atomic E-state index is -0.279. The van der Waals surface area contributed by atoms with E-state index in [0.717, 1.165) is 6.61 Å². The Morgan fingerprint density at radius 3 is 2.67 bits per heavy atom. The largest absolute Gasteiger partial charge is 0.409 e. The van der Waals surface area contributed by atoms with Crippen molar-refractivity contribution in [1.29, 1.82) is 0 Å². The molecule has 3 heteroatoms. The molecular weight excluding hydrogens is 130 g/mol. The second kappa shape index (κ2) is 4.03. The molecule has 1 heterocycles. The zero-order valence-electron chi connectivity index (χ0n) is 6.10. The van der Waals surface area contributed by atoms with Gasteiger partial charge in [-0.2, -0.15) is 0 Å². The average molecular weight is 145 g/mol. The quantitative estimate of drug-likeness (QED) is 0.523. The zero-order valence-corrected chi connectivity index (χ0v) is 7.51. The van der Waals surface area contributed by atoms with E-state index in [0.29, 0.717) is 0 Å². The van der Waals surface area contributed by atoms with Gasteiger partial charge >= 0.3 is 0 Å². The van der Waals surface area contributed by atoms with Gasteiger partial charge in [-0.1, -0.05) is 0 Å². The van der Waals surface area contributed by atoms with Gasteiger partial charge in [0.1, 0.15) is 0 Å². The molecule has 9 heavy (non-hydrogen) atoms. The topological polar surface area (TPSA) is 12.5 Å². The zero-order chi connectivity index (χ0) is 6.53. The van der Waals surface area contributed by atoms with Crippen molar-refractivity contribution in [2.24, 2.45) is 0 Å². The summed E-state index contributed by atoms with van der Waals surface area (Å²) in [5, 5.41) is 0. The summed E-state index contributed by atoms with van der Waals surface area (Å²) in [5.74, 6) is 0. The van der Waals surface area contributed by atoms with Crippen LogP contribution in [0.4, 0.5) is 0 Å². The first kappa shape index (κ1) is 7.25. The van der Waals surface area contributed by atoms with Gasteiger partial charge in [0, 0.05) is 6.61 Å². The van der Waals surface area contributed by atoms with Gasteiger partial charge < -0.3 is 8.99 Å². The highest BCUT2D eigenvalue weighted by atomic mass is 28.2. The van der Waals surface area contributed by atoms with E-state index < -0.39 is 0 Å². The molecule has 1 aliphatic heterocycles. The van der Waals surface area contributed by atoms with Crippen LogP contribution < -0.4 is 0 Å². The number of hydrogen-bond donors (Lipinski definition) is 0. The van der Waals surface area contributed by atoms with Crippen molar-refractivity contribution in [1.82, 2.24) is 4.57 Å². The minimum absolute atomic E-state index is 0.279. The van der Waals surface area contributed by atoms with Crippen molar-refractivity contribution in [3.8, 4) is 0 Å². The molecule has 0 aromatic carbocycles. The molecule has 0 spiro atoms. The standard InChI is InChI=1S/C6H15NOSi/c1-2-8-9-7-5-3-4-6-7/h2-6,9H2,1H3. The van der Waals surface area contributed by atoms with E-state index >= 15 is 0 Å². The van der Waals surface area contributed by atoms with E-state index in [1.54, 1.807) is 0 Å². The van der Waals surface area contributed by atoms with Crippen LogP contribution >= 0.6 is 0 Å². The van der Waals surface area contributed by atoms with Crippen LogP contribution in [0.2, 0.25) is 0 Å². The summed E-state index contributed by atoms with van der Waals surface area (Å²) in [6.07, 6.45) is 2.78. The van der Waals surface area contributed by atoms with Crippen molar-refractivity contribution in [2.75, 3.05) is 19.7 Å². The highest BCUT2D eigenvalue weighted by molar-refractivity contribution is 6.23. The predicted octanol–water partition coefficient (Wildman–Crippen LogP) is 0.117. The van der Waals surface area contributed by atoms with Gasteiger partial charge in [0.15, 0.2) is 0 Å². The number of rotatable bonds is 3. The molecule has 0 bridgehead atoms. The van der Waals surface area contributed by atoms with Crippen LogP contribution in [-0.2, 0) is 4.43 Å². The van der Waals surface area contributed by atoms with Crippen molar-refractivity contribution < 1.29 is 4.43 Å². The summed E-state index contributed by atoms with van der Waals surface area (Å²) in [6.45, 7) is 5.57.